The molecule has 0 radical (unpaired) electrons. The molecule has 0 amide bonds. The number of rotatable bonds is 2. The summed E-state index contributed by atoms with van der Waals surface area (Å²) in [5, 5.41) is 15.3. The molecule has 2 heterocycles. The lowest BCUT2D eigenvalue weighted by Crippen LogP contribution is -2.27. The summed E-state index contributed by atoms with van der Waals surface area (Å²) in [6.07, 6.45) is 7.34. The molecule has 0 saturated heterocycles. The van der Waals surface area contributed by atoms with Gasteiger partial charge in [-0.15, -0.1) is 16.6 Å². The van der Waals surface area contributed by atoms with Gasteiger partial charge in [0.1, 0.15) is 6.54 Å². The van der Waals surface area contributed by atoms with Crippen molar-refractivity contribution in [2.24, 2.45) is 5.92 Å². The van der Waals surface area contributed by atoms with Crippen LogP contribution in [0, 0.1) is 18.3 Å². The number of hydrogen-bond donors (Lipinski definition) is 1. The Labute approximate surface area is 88.6 Å². The molecule has 0 spiro atoms. The fourth-order valence-corrected chi connectivity index (χ4v) is 1.57. The third kappa shape index (κ3) is 2.22. The van der Waals surface area contributed by atoms with Gasteiger partial charge in [-0.2, -0.15) is 4.80 Å². The second kappa shape index (κ2) is 4.24. The highest BCUT2D eigenvalue weighted by Gasteiger charge is 2.14. The first kappa shape index (κ1) is 9.87. The Morgan fingerprint density at radius 2 is 2.60 bits per heavy atom. The van der Waals surface area contributed by atoms with E-state index in [2.05, 4.69) is 39.6 Å². The summed E-state index contributed by atoms with van der Waals surface area (Å²) in [4.78, 5) is 1.43. The molecule has 1 aromatic heterocycles. The molecule has 1 aliphatic heterocycles. The first-order chi connectivity index (χ1) is 7.29. The van der Waals surface area contributed by atoms with E-state index in [1.165, 1.54) is 4.80 Å². The zero-order valence-corrected chi connectivity index (χ0v) is 8.64. The van der Waals surface area contributed by atoms with E-state index in [0.29, 0.717) is 18.3 Å². The molecule has 1 atom stereocenters. The fourth-order valence-electron chi connectivity index (χ4n) is 1.57. The lowest BCUT2D eigenvalue weighted by molar-refractivity contribution is 0.589. The van der Waals surface area contributed by atoms with Gasteiger partial charge in [0, 0.05) is 18.7 Å². The number of nitrogens with zero attached hydrogens (tertiary/aromatic N) is 4. The molecule has 2 rings (SSSR count). The third-order valence-electron chi connectivity index (χ3n) is 2.24. The Kier molecular flexibility index (Phi) is 2.79. The fraction of sp³-hybridized carbons (Fsp3) is 0.500. The zero-order valence-electron chi connectivity index (χ0n) is 8.64. The normalized spacial score (nSPS) is 20.8. The van der Waals surface area contributed by atoms with Gasteiger partial charge < -0.3 is 5.32 Å². The van der Waals surface area contributed by atoms with Crippen LogP contribution in [-0.4, -0.2) is 33.3 Å². The SMILES string of the molecule is C#CCn1nnc(C2=CC(C)CNC2)n1. The summed E-state index contributed by atoms with van der Waals surface area (Å²) in [5.41, 5.74) is 1.09. The monoisotopic (exact) mass is 203 g/mol. The van der Waals surface area contributed by atoms with Gasteiger partial charge in [0.05, 0.1) is 0 Å². The molecule has 1 N–H and O–H groups in total. The van der Waals surface area contributed by atoms with Gasteiger partial charge >= 0.3 is 0 Å². The third-order valence-corrected chi connectivity index (χ3v) is 2.24. The van der Waals surface area contributed by atoms with Crippen LogP contribution in [0.1, 0.15) is 12.7 Å². The highest BCUT2D eigenvalue weighted by molar-refractivity contribution is 5.61. The molecule has 0 aromatic carbocycles. The van der Waals surface area contributed by atoms with Crippen molar-refractivity contribution in [3.63, 3.8) is 0 Å². The Morgan fingerprint density at radius 3 is 3.33 bits per heavy atom. The Morgan fingerprint density at radius 1 is 1.73 bits per heavy atom. The summed E-state index contributed by atoms with van der Waals surface area (Å²) >= 11 is 0. The second-order valence-corrected chi connectivity index (χ2v) is 3.65. The quantitative estimate of drug-likeness (QED) is 0.684. The van der Waals surface area contributed by atoms with Crippen LogP contribution < -0.4 is 5.32 Å². The van der Waals surface area contributed by atoms with Crippen LogP contribution in [0.2, 0.25) is 0 Å². The summed E-state index contributed by atoms with van der Waals surface area (Å²) in [6, 6.07) is 0. The van der Waals surface area contributed by atoms with E-state index < -0.39 is 0 Å². The minimum absolute atomic E-state index is 0.364. The first-order valence-corrected chi connectivity index (χ1v) is 4.92. The molecular weight excluding hydrogens is 190 g/mol. The molecule has 15 heavy (non-hydrogen) atoms. The molecule has 0 fully saturated rings. The number of tetrazole rings is 1. The predicted molar refractivity (Wildman–Crippen MR) is 56.7 cm³/mol. The van der Waals surface area contributed by atoms with Crippen LogP contribution in [0.5, 0.6) is 0 Å². The Hall–Kier alpha value is -1.67. The average Bonchev–Trinajstić information content (AvgIpc) is 2.67. The lowest BCUT2D eigenvalue weighted by atomic mass is 10.0. The van der Waals surface area contributed by atoms with E-state index >= 15 is 0 Å². The van der Waals surface area contributed by atoms with Gasteiger partial charge in [0.25, 0.3) is 0 Å². The van der Waals surface area contributed by atoms with E-state index in [1.807, 2.05) is 0 Å². The molecule has 1 aromatic rings. The van der Waals surface area contributed by atoms with Crippen LogP contribution in [0.15, 0.2) is 6.08 Å². The van der Waals surface area contributed by atoms with Crippen molar-refractivity contribution in [3.05, 3.63) is 11.9 Å². The van der Waals surface area contributed by atoms with Crippen LogP contribution in [-0.2, 0) is 6.54 Å². The topological polar surface area (TPSA) is 55.6 Å². The Balaban J connectivity index is 2.18. The standard InChI is InChI=1S/C10H13N5/c1-3-4-15-13-10(12-14-15)9-5-8(2)6-11-7-9/h1,5,8,11H,4,6-7H2,2H3. The Bertz CT molecular complexity index is 412. The van der Waals surface area contributed by atoms with Crippen LogP contribution in [0.25, 0.3) is 5.57 Å². The van der Waals surface area contributed by atoms with Crippen molar-refractivity contribution < 1.29 is 0 Å². The molecule has 1 unspecified atom stereocenters. The maximum absolute atomic E-state index is 5.16. The lowest BCUT2D eigenvalue weighted by Gasteiger charge is -2.16. The van der Waals surface area contributed by atoms with E-state index in [9.17, 15) is 0 Å². The van der Waals surface area contributed by atoms with E-state index in [1.54, 1.807) is 0 Å². The number of terminal acetylenes is 1. The average molecular weight is 203 g/mol. The van der Waals surface area contributed by atoms with E-state index in [4.69, 9.17) is 6.42 Å². The van der Waals surface area contributed by atoms with Crippen LogP contribution in [0.3, 0.4) is 0 Å². The van der Waals surface area contributed by atoms with Crippen LogP contribution in [0.4, 0.5) is 0 Å². The maximum Gasteiger partial charge on any atom is 0.201 e. The van der Waals surface area contributed by atoms with Crippen molar-refractivity contribution in [2.75, 3.05) is 13.1 Å². The molecule has 0 bridgehead atoms. The highest BCUT2D eigenvalue weighted by atomic mass is 15.6. The molecule has 5 heteroatoms. The largest absolute Gasteiger partial charge is 0.312 e. The molecule has 78 valence electrons. The van der Waals surface area contributed by atoms with Crippen LogP contribution >= 0.6 is 0 Å². The smallest absolute Gasteiger partial charge is 0.201 e. The van der Waals surface area contributed by atoms with Crippen molar-refractivity contribution in [1.82, 2.24) is 25.5 Å². The first-order valence-electron chi connectivity index (χ1n) is 4.92. The molecule has 0 saturated carbocycles. The number of aromatic nitrogens is 4. The van der Waals surface area contributed by atoms with Crippen molar-refractivity contribution >= 4 is 5.57 Å². The summed E-state index contributed by atoms with van der Waals surface area (Å²) in [6.45, 7) is 4.31. The molecular formula is C10H13N5. The molecule has 0 aliphatic carbocycles. The van der Waals surface area contributed by atoms with E-state index in [-0.39, 0.29) is 0 Å². The predicted octanol–water partition coefficient (Wildman–Crippen LogP) is -0.0710. The second-order valence-electron chi connectivity index (χ2n) is 3.65. The van der Waals surface area contributed by atoms with Gasteiger partial charge in [-0.1, -0.05) is 18.9 Å². The van der Waals surface area contributed by atoms with Gasteiger partial charge in [-0.05, 0) is 11.1 Å². The molecule has 1 aliphatic rings. The minimum atomic E-state index is 0.364. The van der Waals surface area contributed by atoms with Gasteiger partial charge in [0.2, 0.25) is 5.82 Å². The zero-order chi connectivity index (χ0) is 10.7. The van der Waals surface area contributed by atoms with Gasteiger partial charge in [-0.3, -0.25) is 0 Å². The van der Waals surface area contributed by atoms with Gasteiger partial charge in [0.15, 0.2) is 0 Å². The van der Waals surface area contributed by atoms with Crippen molar-refractivity contribution in [1.29, 1.82) is 0 Å². The molecule has 5 nitrogen and oxygen atoms in total. The maximum atomic E-state index is 5.16. The van der Waals surface area contributed by atoms with Crippen molar-refractivity contribution in [2.45, 2.75) is 13.5 Å². The minimum Gasteiger partial charge on any atom is -0.312 e. The highest BCUT2D eigenvalue weighted by Crippen LogP contribution is 2.14. The number of nitrogens with one attached hydrogen (secondary N) is 1. The summed E-state index contributed by atoms with van der Waals surface area (Å²) in [5.74, 6) is 3.65. The summed E-state index contributed by atoms with van der Waals surface area (Å²) in [7, 11) is 0. The van der Waals surface area contributed by atoms with E-state index in [0.717, 1.165) is 18.7 Å². The van der Waals surface area contributed by atoms with Gasteiger partial charge in [-0.25, -0.2) is 0 Å². The number of hydrogen-bond acceptors (Lipinski definition) is 4. The van der Waals surface area contributed by atoms with Crippen molar-refractivity contribution in [3.8, 4) is 12.3 Å². The summed E-state index contributed by atoms with van der Waals surface area (Å²) < 4.78 is 0.